The smallest absolute Gasteiger partial charge is 0.109 e. The first-order valence-electron chi connectivity index (χ1n) is 7.92. The number of nitrogens with zero attached hydrogens (tertiary/aromatic N) is 2. The topological polar surface area (TPSA) is 43.8 Å². The Morgan fingerprint density at radius 3 is 2.75 bits per heavy atom. The second-order valence-electron chi connectivity index (χ2n) is 6.17. The lowest BCUT2D eigenvalue weighted by Gasteiger charge is -2.23. The van der Waals surface area contributed by atoms with Crippen LogP contribution in [-0.4, -0.2) is 9.55 Å². The number of rotatable bonds is 3. The van der Waals surface area contributed by atoms with Crippen LogP contribution in [0.1, 0.15) is 51.9 Å². The number of hydrogen-bond acceptors (Lipinski definition) is 2. The zero-order valence-corrected chi connectivity index (χ0v) is 12.8. The summed E-state index contributed by atoms with van der Waals surface area (Å²) in [7, 11) is 0. The van der Waals surface area contributed by atoms with Crippen molar-refractivity contribution < 1.29 is 0 Å². The lowest BCUT2D eigenvalue weighted by Crippen LogP contribution is -2.17. The standard InChI is InChI=1S/C17H25N3/c1-4-12-6-8-15(11(12)3)20-16-9-7-13(18)10-14(16)19-17(20)5-2/h7,9-12,15H,4-6,8,18H2,1-3H3. The van der Waals surface area contributed by atoms with Crippen molar-refractivity contribution in [3.8, 4) is 0 Å². The van der Waals surface area contributed by atoms with E-state index in [1.807, 2.05) is 12.1 Å². The first-order valence-corrected chi connectivity index (χ1v) is 7.92. The van der Waals surface area contributed by atoms with Crippen LogP contribution in [-0.2, 0) is 6.42 Å². The van der Waals surface area contributed by atoms with E-state index < -0.39 is 0 Å². The first kappa shape index (κ1) is 13.5. The lowest BCUT2D eigenvalue weighted by atomic mass is 9.93. The molecule has 3 atom stereocenters. The van der Waals surface area contributed by atoms with Gasteiger partial charge in [-0.05, 0) is 42.9 Å². The van der Waals surface area contributed by atoms with Crippen LogP contribution in [0.2, 0.25) is 0 Å². The van der Waals surface area contributed by atoms with Gasteiger partial charge in [0.15, 0.2) is 0 Å². The largest absolute Gasteiger partial charge is 0.399 e. The zero-order valence-electron chi connectivity index (χ0n) is 12.8. The predicted octanol–water partition coefficient (Wildman–Crippen LogP) is 4.18. The Balaban J connectivity index is 2.10. The van der Waals surface area contributed by atoms with Gasteiger partial charge in [0.2, 0.25) is 0 Å². The van der Waals surface area contributed by atoms with Crippen LogP contribution in [0.4, 0.5) is 5.69 Å². The summed E-state index contributed by atoms with van der Waals surface area (Å²) < 4.78 is 2.50. The highest BCUT2D eigenvalue weighted by molar-refractivity contribution is 5.79. The Kier molecular flexibility index (Phi) is 3.45. The number of hydrogen-bond donors (Lipinski definition) is 1. The second kappa shape index (κ2) is 5.12. The maximum Gasteiger partial charge on any atom is 0.109 e. The van der Waals surface area contributed by atoms with E-state index in [-0.39, 0.29) is 0 Å². The van der Waals surface area contributed by atoms with Crippen LogP contribution in [0, 0.1) is 11.8 Å². The molecule has 0 saturated heterocycles. The Hall–Kier alpha value is -1.51. The first-order chi connectivity index (χ1) is 9.65. The molecule has 20 heavy (non-hydrogen) atoms. The van der Waals surface area contributed by atoms with Gasteiger partial charge in [-0.1, -0.05) is 27.2 Å². The molecule has 1 aliphatic rings. The van der Waals surface area contributed by atoms with Gasteiger partial charge < -0.3 is 10.3 Å². The van der Waals surface area contributed by atoms with Gasteiger partial charge in [-0.2, -0.15) is 0 Å². The maximum atomic E-state index is 5.90. The van der Waals surface area contributed by atoms with E-state index in [1.165, 1.54) is 30.6 Å². The molecule has 3 rings (SSSR count). The van der Waals surface area contributed by atoms with Gasteiger partial charge in [-0.15, -0.1) is 0 Å². The van der Waals surface area contributed by atoms with E-state index in [0.29, 0.717) is 6.04 Å². The summed E-state index contributed by atoms with van der Waals surface area (Å²) in [5.41, 5.74) is 9.01. The van der Waals surface area contributed by atoms with Gasteiger partial charge >= 0.3 is 0 Å². The average molecular weight is 271 g/mol. The highest BCUT2D eigenvalue weighted by Gasteiger charge is 2.34. The van der Waals surface area contributed by atoms with Crippen LogP contribution in [0.25, 0.3) is 11.0 Å². The van der Waals surface area contributed by atoms with E-state index in [0.717, 1.165) is 29.5 Å². The summed E-state index contributed by atoms with van der Waals surface area (Å²) in [6.45, 7) is 6.92. The quantitative estimate of drug-likeness (QED) is 0.851. The molecule has 0 radical (unpaired) electrons. The fourth-order valence-electron chi connectivity index (χ4n) is 3.95. The number of nitrogen functional groups attached to an aromatic ring is 1. The van der Waals surface area contributed by atoms with Gasteiger partial charge in [0, 0.05) is 18.2 Å². The molecule has 0 bridgehead atoms. The summed E-state index contributed by atoms with van der Waals surface area (Å²) in [4.78, 5) is 4.80. The van der Waals surface area contributed by atoms with E-state index in [1.54, 1.807) is 0 Å². The van der Waals surface area contributed by atoms with Crippen molar-refractivity contribution in [2.45, 2.75) is 52.5 Å². The summed E-state index contributed by atoms with van der Waals surface area (Å²) >= 11 is 0. The van der Waals surface area contributed by atoms with E-state index in [9.17, 15) is 0 Å². The third-order valence-corrected chi connectivity index (χ3v) is 5.14. The van der Waals surface area contributed by atoms with E-state index in [4.69, 9.17) is 10.7 Å². The molecule has 2 N–H and O–H groups in total. The Morgan fingerprint density at radius 2 is 2.10 bits per heavy atom. The van der Waals surface area contributed by atoms with Crippen LogP contribution >= 0.6 is 0 Å². The number of benzene rings is 1. The van der Waals surface area contributed by atoms with Crippen molar-refractivity contribution in [2.75, 3.05) is 5.73 Å². The van der Waals surface area contributed by atoms with Gasteiger partial charge in [0.25, 0.3) is 0 Å². The fourth-order valence-corrected chi connectivity index (χ4v) is 3.95. The molecule has 1 aromatic carbocycles. The number of aryl methyl sites for hydroxylation is 1. The minimum Gasteiger partial charge on any atom is -0.399 e. The van der Waals surface area contributed by atoms with Crippen LogP contribution in [0.15, 0.2) is 18.2 Å². The molecular weight excluding hydrogens is 246 g/mol. The number of anilines is 1. The van der Waals surface area contributed by atoms with Crippen molar-refractivity contribution >= 4 is 16.7 Å². The molecule has 2 aromatic rings. The summed E-state index contributed by atoms with van der Waals surface area (Å²) in [5.74, 6) is 2.80. The molecule has 1 aromatic heterocycles. The van der Waals surface area contributed by atoms with Crippen molar-refractivity contribution in [2.24, 2.45) is 11.8 Å². The van der Waals surface area contributed by atoms with Crippen molar-refractivity contribution in [3.05, 3.63) is 24.0 Å². The normalized spacial score (nSPS) is 26.4. The zero-order chi connectivity index (χ0) is 14.3. The number of fused-ring (bicyclic) bond motifs is 1. The molecule has 1 heterocycles. The van der Waals surface area contributed by atoms with Gasteiger partial charge in [-0.25, -0.2) is 4.98 Å². The molecule has 0 spiro atoms. The fraction of sp³-hybridized carbons (Fsp3) is 0.588. The molecule has 0 aliphatic heterocycles. The maximum absolute atomic E-state index is 5.90. The SMILES string of the molecule is CCc1nc2cc(N)ccc2n1C1CCC(CC)C1C. The number of aromatic nitrogens is 2. The minimum atomic E-state index is 0.600. The van der Waals surface area contributed by atoms with E-state index in [2.05, 4.69) is 31.4 Å². The number of nitrogens with two attached hydrogens (primary N) is 1. The van der Waals surface area contributed by atoms with Gasteiger partial charge in [0.1, 0.15) is 5.82 Å². The summed E-state index contributed by atoms with van der Waals surface area (Å²) in [6, 6.07) is 6.74. The van der Waals surface area contributed by atoms with Crippen LogP contribution in [0.3, 0.4) is 0 Å². The summed E-state index contributed by atoms with van der Waals surface area (Å²) in [6.07, 6.45) is 4.90. The monoisotopic (exact) mass is 271 g/mol. The van der Waals surface area contributed by atoms with Crippen molar-refractivity contribution in [1.82, 2.24) is 9.55 Å². The highest BCUT2D eigenvalue weighted by atomic mass is 15.1. The van der Waals surface area contributed by atoms with Gasteiger partial charge in [0.05, 0.1) is 11.0 Å². The minimum absolute atomic E-state index is 0.600. The van der Waals surface area contributed by atoms with Crippen molar-refractivity contribution in [3.63, 3.8) is 0 Å². The van der Waals surface area contributed by atoms with E-state index >= 15 is 0 Å². The van der Waals surface area contributed by atoms with Crippen molar-refractivity contribution in [1.29, 1.82) is 0 Å². The molecule has 1 aliphatic carbocycles. The lowest BCUT2D eigenvalue weighted by molar-refractivity contribution is 0.329. The molecule has 3 heteroatoms. The van der Waals surface area contributed by atoms with Gasteiger partial charge in [-0.3, -0.25) is 0 Å². The molecule has 0 amide bonds. The number of imidazole rings is 1. The second-order valence-corrected chi connectivity index (χ2v) is 6.17. The summed E-state index contributed by atoms with van der Waals surface area (Å²) in [5, 5.41) is 0. The molecular formula is C17H25N3. The molecule has 108 valence electrons. The average Bonchev–Trinajstić information content (AvgIpc) is 2.97. The Bertz CT molecular complexity index is 614. The molecule has 1 saturated carbocycles. The molecule has 3 unspecified atom stereocenters. The Labute approximate surface area is 121 Å². The predicted molar refractivity (Wildman–Crippen MR) is 84.7 cm³/mol. The molecule has 3 nitrogen and oxygen atoms in total. The third-order valence-electron chi connectivity index (χ3n) is 5.14. The van der Waals surface area contributed by atoms with Crippen LogP contribution in [0.5, 0.6) is 0 Å². The highest BCUT2D eigenvalue weighted by Crippen LogP contribution is 2.43. The van der Waals surface area contributed by atoms with Crippen LogP contribution < -0.4 is 5.73 Å². The molecule has 1 fully saturated rings. The third kappa shape index (κ3) is 2.00. The Morgan fingerprint density at radius 1 is 1.30 bits per heavy atom.